The summed E-state index contributed by atoms with van der Waals surface area (Å²) in [6.07, 6.45) is 1.88. The van der Waals surface area contributed by atoms with Crippen LogP contribution in [0.2, 0.25) is 0 Å². The smallest absolute Gasteiger partial charge is 0.120 e. The Morgan fingerprint density at radius 1 is 1.33 bits per heavy atom. The molecule has 0 amide bonds. The van der Waals surface area contributed by atoms with Crippen LogP contribution < -0.4 is 10.5 Å². The van der Waals surface area contributed by atoms with E-state index in [0.717, 1.165) is 11.3 Å². The zero-order valence-electron chi connectivity index (χ0n) is 10.2. The average Bonchev–Trinajstić information content (AvgIpc) is 2.89. The van der Waals surface area contributed by atoms with E-state index in [1.807, 2.05) is 41.1 Å². The molecule has 0 saturated heterocycles. The summed E-state index contributed by atoms with van der Waals surface area (Å²) in [5.74, 6) is 0.808. The van der Waals surface area contributed by atoms with Crippen LogP contribution in [0.1, 0.15) is 17.3 Å². The van der Waals surface area contributed by atoms with Crippen molar-refractivity contribution in [2.75, 3.05) is 13.7 Å². The highest BCUT2D eigenvalue weighted by atomic mass is 16.5. The molecule has 2 aromatic rings. The zero-order valence-corrected chi connectivity index (χ0v) is 10.2. The summed E-state index contributed by atoms with van der Waals surface area (Å²) in [4.78, 5) is 0. The van der Waals surface area contributed by atoms with Crippen LogP contribution in [0.15, 0.2) is 42.6 Å². The largest absolute Gasteiger partial charge is 0.497 e. The van der Waals surface area contributed by atoms with Gasteiger partial charge in [0.15, 0.2) is 0 Å². The second-order valence-corrected chi connectivity index (χ2v) is 3.94. The first-order chi connectivity index (χ1) is 8.80. The molecule has 0 spiro atoms. The van der Waals surface area contributed by atoms with Crippen molar-refractivity contribution in [1.82, 2.24) is 4.57 Å². The number of benzene rings is 1. The van der Waals surface area contributed by atoms with E-state index in [1.165, 1.54) is 0 Å². The number of rotatable bonds is 4. The molecule has 0 bridgehead atoms. The van der Waals surface area contributed by atoms with Gasteiger partial charge < -0.3 is 15.0 Å². The van der Waals surface area contributed by atoms with Gasteiger partial charge in [0.05, 0.1) is 13.2 Å². The molecule has 1 aromatic heterocycles. The summed E-state index contributed by atoms with van der Waals surface area (Å²) in [5, 5.41) is 9.05. The number of nitrogens with two attached hydrogens (primary N) is 1. The summed E-state index contributed by atoms with van der Waals surface area (Å²) < 4.78 is 7.02. The molecule has 2 rings (SSSR count). The van der Waals surface area contributed by atoms with Crippen LogP contribution in [0.5, 0.6) is 5.75 Å². The lowest BCUT2D eigenvalue weighted by Crippen LogP contribution is -2.20. The number of nitrogens with zero attached hydrogens (tertiary/aromatic N) is 2. The quantitative estimate of drug-likeness (QED) is 0.889. The van der Waals surface area contributed by atoms with Crippen LogP contribution in [0, 0.1) is 11.3 Å². The van der Waals surface area contributed by atoms with Crippen molar-refractivity contribution in [2.24, 2.45) is 5.73 Å². The van der Waals surface area contributed by atoms with E-state index < -0.39 is 0 Å². The van der Waals surface area contributed by atoms with Crippen molar-refractivity contribution in [3.63, 3.8) is 0 Å². The molecule has 0 radical (unpaired) electrons. The Balaban J connectivity index is 2.36. The minimum Gasteiger partial charge on any atom is -0.497 e. The normalized spacial score (nSPS) is 11.8. The maximum absolute atomic E-state index is 9.05. The summed E-state index contributed by atoms with van der Waals surface area (Å²) in [7, 11) is 1.63. The first kappa shape index (κ1) is 12.2. The number of hydrogen-bond donors (Lipinski definition) is 1. The summed E-state index contributed by atoms with van der Waals surface area (Å²) in [6, 6.07) is 13.5. The van der Waals surface area contributed by atoms with Crippen LogP contribution in [-0.4, -0.2) is 18.2 Å². The first-order valence-corrected chi connectivity index (χ1v) is 5.71. The van der Waals surface area contributed by atoms with Crippen LogP contribution in [0.25, 0.3) is 0 Å². The Labute approximate surface area is 106 Å². The molecule has 4 heteroatoms. The monoisotopic (exact) mass is 241 g/mol. The molecular weight excluding hydrogens is 226 g/mol. The summed E-state index contributed by atoms with van der Waals surface area (Å²) >= 11 is 0. The molecular formula is C14H15N3O. The highest BCUT2D eigenvalue weighted by Crippen LogP contribution is 2.22. The van der Waals surface area contributed by atoms with Gasteiger partial charge in [-0.25, -0.2) is 0 Å². The predicted molar refractivity (Wildman–Crippen MR) is 69.3 cm³/mol. The fourth-order valence-electron chi connectivity index (χ4n) is 2.00. The minimum absolute atomic E-state index is 0.0273. The van der Waals surface area contributed by atoms with Gasteiger partial charge in [-0.1, -0.05) is 12.1 Å². The topological polar surface area (TPSA) is 64.0 Å². The van der Waals surface area contributed by atoms with Crippen LogP contribution in [0.4, 0.5) is 0 Å². The van der Waals surface area contributed by atoms with Gasteiger partial charge in [-0.05, 0) is 29.8 Å². The molecule has 1 atom stereocenters. The van der Waals surface area contributed by atoms with E-state index in [0.29, 0.717) is 12.2 Å². The maximum atomic E-state index is 9.05. The molecule has 0 saturated carbocycles. The molecule has 0 aliphatic rings. The van der Waals surface area contributed by atoms with Gasteiger partial charge in [-0.3, -0.25) is 0 Å². The molecule has 1 aromatic carbocycles. The number of ether oxygens (including phenoxy) is 1. The second kappa shape index (κ2) is 5.39. The lowest BCUT2D eigenvalue weighted by molar-refractivity contribution is 0.414. The highest BCUT2D eigenvalue weighted by molar-refractivity contribution is 5.32. The van der Waals surface area contributed by atoms with Crippen molar-refractivity contribution < 1.29 is 4.74 Å². The van der Waals surface area contributed by atoms with E-state index in [4.69, 9.17) is 15.7 Å². The molecule has 18 heavy (non-hydrogen) atoms. The summed E-state index contributed by atoms with van der Waals surface area (Å²) in [6.45, 7) is 0.440. The number of aromatic nitrogens is 1. The Morgan fingerprint density at radius 3 is 2.61 bits per heavy atom. The van der Waals surface area contributed by atoms with Crippen molar-refractivity contribution >= 4 is 0 Å². The SMILES string of the molecule is COc1ccc(C(CN)n2cccc2C#N)cc1. The Hall–Kier alpha value is -2.25. The number of hydrogen-bond acceptors (Lipinski definition) is 3. The lowest BCUT2D eigenvalue weighted by Gasteiger charge is -2.18. The van der Waals surface area contributed by atoms with Crippen LogP contribution in [0.3, 0.4) is 0 Å². The molecule has 1 unspecified atom stereocenters. The van der Waals surface area contributed by atoms with Crippen molar-refractivity contribution in [3.8, 4) is 11.8 Å². The van der Waals surface area contributed by atoms with Gasteiger partial charge in [-0.15, -0.1) is 0 Å². The predicted octanol–water partition coefficient (Wildman–Crippen LogP) is 1.92. The fraction of sp³-hybridized carbons (Fsp3) is 0.214. The Kier molecular flexibility index (Phi) is 3.66. The van der Waals surface area contributed by atoms with Crippen LogP contribution >= 0.6 is 0 Å². The molecule has 4 nitrogen and oxygen atoms in total. The Morgan fingerprint density at radius 2 is 2.06 bits per heavy atom. The molecule has 0 aliphatic carbocycles. The van der Waals surface area contributed by atoms with Gasteiger partial charge in [0, 0.05) is 12.7 Å². The van der Waals surface area contributed by atoms with Crippen molar-refractivity contribution in [2.45, 2.75) is 6.04 Å². The van der Waals surface area contributed by atoms with E-state index in [1.54, 1.807) is 13.2 Å². The first-order valence-electron chi connectivity index (χ1n) is 5.71. The van der Waals surface area contributed by atoms with Gasteiger partial charge in [0.25, 0.3) is 0 Å². The fourth-order valence-corrected chi connectivity index (χ4v) is 2.00. The minimum atomic E-state index is -0.0273. The number of nitriles is 1. The highest BCUT2D eigenvalue weighted by Gasteiger charge is 2.14. The molecule has 1 heterocycles. The molecule has 92 valence electrons. The van der Waals surface area contributed by atoms with Gasteiger partial charge in [-0.2, -0.15) is 5.26 Å². The Bertz CT molecular complexity index is 551. The van der Waals surface area contributed by atoms with E-state index in [2.05, 4.69) is 6.07 Å². The van der Waals surface area contributed by atoms with Crippen molar-refractivity contribution in [1.29, 1.82) is 5.26 Å². The zero-order chi connectivity index (χ0) is 13.0. The van der Waals surface area contributed by atoms with Gasteiger partial charge in [0.2, 0.25) is 0 Å². The third-order valence-corrected chi connectivity index (χ3v) is 2.95. The third kappa shape index (κ3) is 2.22. The van der Waals surface area contributed by atoms with Gasteiger partial charge in [0.1, 0.15) is 17.5 Å². The number of methoxy groups -OCH3 is 1. The maximum Gasteiger partial charge on any atom is 0.120 e. The van der Waals surface area contributed by atoms with Crippen molar-refractivity contribution in [3.05, 3.63) is 53.9 Å². The van der Waals surface area contributed by atoms with E-state index in [9.17, 15) is 0 Å². The third-order valence-electron chi connectivity index (χ3n) is 2.95. The molecule has 2 N–H and O–H groups in total. The average molecular weight is 241 g/mol. The molecule has 0 aliphatic heterocycles. The standard InChI is InChI=1S/C14H15N3O/c1-18-13-6-4-11(5-7-13)14(10-16)17-8-2-3-12(17)9-15/h2-8,14H,10,16H2,1H3. The second-order valence-electron chi connectivity index (χ2n) is 3.94. The van der Waals surface area contributed by atoms with E-state index >= 15 is 0 Å². The van der Waals surface area contributed by atoms with Gasteiger partial charge >= 0.3 is 0 Å². The summed E-state index contributed by atoms with van der Waals surface area (Å²) in [5.41, 5.74) is 7.50. The lowest BCUT2D eigenvalue weighted by atomic mass is 10.1. The van der Waals surface area contributed by atoms with Crippen LogP contribution in [-0.2, 0) is 0 Å². The van der Waals surface area contributed by atoms with E-state index in [-0.39, 0.29) is 6.04 Å². The molecule has 0 fully saturated rings.